The van der Waals surface area contributed by atoms with E-state index in [4.69, 9.17) is 0 Å². The van der Waals surface area contributed by atoms with Crippen molar-refractivity contribution in [2.24, 2.45) is 0 Å². The molecule has 1 aromatic rings. The molecule has 1 unspecified atom stereocenters. The van der Waals surface area contributed by atoms with Crippen molar-refractivity contribution in [2.75, 3.05) is 20.6 Å². The maximum Gasteiger partial charge on any atom is 0.224 e. The molecule has 0 bridgehead atoms. The van der Waals surface area contributed by atoms with Gasteiger partial charge in [0.1, 0.15) is 0 Å². The number of hydrogen-bond acceptors (Lipinski definition) is 2. The Labute approximate surface area is 110 Å². The maximum atomic E-state index is 12.0. The zero-order valence-electron chi connectivity index (χ0n) is 12.1. The zero-order valence-corrected chi connectivity index (χ0v) is 12.1. The van der Waals surface area contributed by atoms with Crippen LogP contribution < -0.4 is 5.32 Å². The summed E-state index contributed by atoms with van der Waals surface area (Å²) in [7, 11) is 3.74. The Morgan fingerprint density at radius 3 is 2.61 bits per heavy atom. The number of aryl methyl sites for hydroxylation is 2. The quantitative estimate of drug-likeness (QED) is 0.868. The lowest BCUT2D eigenvalue weighted by Gasteiger charge is -2.27. The fourth-order valence-corrected chi connectivity index (χ4v) is 2.13. The van der Waals surface area contributed by atoms with Crippen molar-refractivity contribution in [2.45, 2.75) is 33.2 Å². The smallest absolute Gasteiger partial charge is 0.224 e. The van der Waals surface area contributed by atoms with Crippen molar-refractivity contribution in [3.8, 4) is 0 Å². The highest BCUT2D eigenvalue weighted by Gasteiger charge is 2.18. The highest BCUT2D eigenvalue weighted by atomic mass is 16.2. The molecule has 0 radical (unpaired) electrons. The SMILES string of the molecule is CNCCC(=O)N(C)C(C)c1ccc(C)cc1C. The number of nitrogens with one attached hydrogen (secondary N) is 1. The van der Waals surface area contributed by atoms with Gasteiger partial charge in [0.15, 0.2) is 0 Å². The number of nitrogens with zero attached hydrogens (tertiary/aromatic N) is 1. The molecule has 0 saturated carbocycles. The van der Waals surface area contributed by atoms with Gasteiger partial charge in [-0.1, -0.05) is 23.8 Å². The average Bonchev–Trinajstić information content (AvgIpc) is 2.34. The fraction of sp³-hybridized carbons (Fsp3) is 0.533. The molecule has 0 fully saturated rings. The number of carbonyl (C=O) groups excluding carboxylic acids is 1. The third-order valence-electron chi connectivity index (χ3n) is 3.44. The van der Waals surface area contributed by atoms with E-state index in [0.717, 1.165) is 6.54 Å². The van der Waals surface area contributed by atoms with Crippen LogP contribution in [0.1, 0.15) is 36.1 Å². The van der Waals surface area contributed by atoms with Crippen molar-refractivity contribution in [3.05, 3.63) is 34.9 Å². The summed E-state index contributed by atoms with van der Waals surface area (Å²) in [6.45, 7) is 6.99. The number of amides is 1. The first-order valence-corrected chi connectivity index (χ1v) is 6.44. The molecule has 1 N–H and O–H groups in total. The van der Waals surface area contributed by atoms with Crippen LogP contribution in [0.5, 0.6) is 0 Å². The minimum Gasteiger partial charge on any atom is -0.339 e. The summed E-state index contributed by atoms with van der Waals surface area (Å²) in [6, 6.07) is 6.51. The van der Waals surface area contributed by atoms with E-state index in [1.807, 2.05) is 19.0 Å². The molecule has 0 aromatic heterocycles. The zero-order chi connectivity index (χ0) is 13.7. The first-order valence-electron chi connectivity index (χ1n) is 6.44. The molecule has 1 aromatic carbocycles. The summed E-state index contributed by atoms with van der Waals surface area (Å²) in [5.41, 5.74) is 3.73. The van der Waals surface area contributed by atoms with Crippen LogP contribution >= 0.6 is 0 Å². The normalized spacial score (nSPS) is 12.3. The van der Waals surface area contributed by atoms with Crippen molar-refractivity contribution in [1.82, 2.24) is 10.2 Å². The first-order chi connectivity index (χ1) is 8.47. The van der Waals surface area contributed by atoms with Crippen molar-refractivity contribution in [3.63, 3.8) is 0 Å². The lowest BCUT2D eigenvalue weighted by Crippen LogP contribution is -2.31. The van der Waals surface area contributed by atoms with E-state index < -0.39 is 0 Å². The van der Waals surface area contributed by atoms with E-state index in [9.17, 15) is 4.79 Å². The summed E-state index contributed by atoms with van der Waals surface area (Å²) in [6.07, 6.45) is 0.544. The maximum absolute atomic E-state index is 12.0. The molecule has 18 heavy (non-hydrogen) atoms. The lowest BCUT2D eigenvalue weighted by atomic mass is 9.99. The van der Waals surface area contributed by atoms with Crippen molar-refractivity contribution in [1.29, 1.82) is 0 Å². The van der Waals surface area contributed by atoms with Gasteiger partial charge in [0.05, 0.1) is 6.04 Å². The summed E-state index contributed by atoms with van der Waals surface area (Å²) in [5, 5.41) is 3.00. The van der Waals surface area contributed by atoms with E-state index in [1.165, 1.54) is 16.7 Å². The molecule has 3 nitrogen and oxygen atoms in total. The van der Waals surface area contributed by atoms with Crippen LogP contribution in [-0.4, -0.2) is 31.4 Å². The Kier molecular flexibility index (Phi) is 5.35. The Balaban J connectivity index is 2.79. The van der Waals surface area contributed by atoms with Gasteiger partial charge in [-0.25, -0.2) is 0 Å². The fourth-order valence-electron chi connectivity index (χ4n) is 2.13. The van der Waals surface area contributed by atoms with Crippen LogP contribution in [0, 0.1) is 13.8 Å². The van der Waals surface area contributed by atoms with Crippen LogP contribution in [0.2, 0.25) is 0 Å². The van der Waals surface area contributed by atoms with E-state index in [-0.39, 0.29) is 11.9 Å². The molecular formula is C15H24N2O. The minimum atomic E-state index is 0.120. The van der Waals surface area contributed by atoms with E-state index in [2.05, 4.69) is 44.3 Å². The van der Waals surface area contributed by atoms with Gasteiger partial charge in [0, 0.05) is 20.0 Å². The van der Waals surface area contributed by atoms with Gasteiger partial charge in [0.2, 0.25) is 5.91 Å². The molecule has 100 valence electrons. The molecule has 1 amide bonds. The molecule has 0 saturated heterocycles. The molecule has 0 aliphatic heterocycles. The monoisotopic (exact) mass is 248 g/mol. The van der Waals surface area contributed by atoms with E-state index >= 15 is 0 Å². The standard InChI is InChI=1S/C15H24N2O/c1-11-6-7-14(12(2)10-11)13(3)17(5)15(18)8-9-16-4/h6-7,10,13,16H,8-9H2,1-5H3. The Morgan fingerprint density at radius 2 is 2.06 bits per heavy atom. The van der Waals surface area contributed by atoms with Crippen molar-refractivity contribution >= 4 is 5.91 Å². The molecule has 1 atom stereocenters. The minimum absolute atomic E-state index is 0.120. The molecule has 0 spiro atoms. The van der Waals surface area contributed by atoms with Crippen LogP contribution in [0.3, 0.4) is 0 Å². The highest BCUT2D eigenvalue weighted by molar-refractivity contribution is 5.76. The highest BCUT2D eigenvalue weighted by Crippen LogP contribution is 2.23. The Morgan fingerprint density at radius 1 is 1.39 bits per heavy atom. The summed E-state index contributed by atoms with van der Waals surface area (Å²) >= 11 is 0. The number of carbonyl (C=O) groups is 1. The molecule has 0 heterocycles. The molecule has 0 aliphatic rings. The predicted octanol–water partition coefficient (Wildman–Crippen LogP) is 2.43. The summed E-state index contributed by atoms with van der Waals surface area (Å²) in [5.74, 6) is 0.178. The Bertz CT molecular complexity index is 415. The van der Waals surface area contributed by atoms with Gasteiger partial charge in [-0.05, 0) is 38.9 Å². The third-order valence-corrected chi connectivity index (χ3v) is 3.44. The third kappa shape index (κ3) is 3.57. The second kappa shape index (κ2) is 6.55. The van der Waals surface area contributed by atoms with Gasteiger partial charge in [0.25, 0.3) is 0 Å². The van der Waals surface area contributed by atoms with E-state index in [0.29, 0.717) is 6.42 Å². The van der Waals surface area contributed by atoms with Crippen LogP contribution in [0.25, 0.3) is 0 Å². The van der Waals surface area contributed by atoms with Gasteiger partial charge >= 0.3 is 0 Å². The van der Waals surface area contributed by atoms with Gasteiger partial charge in [-0.2, -0.15) is 0 Å². The van der Waals surface area contributed by atoms with Crippen LogP contribution in [0.15, 0.2) is 18.2 Å². The summed E-state index contributed by atoms with van der Waals surface area (Å²) in [4.78, 5) is 13.8. The van der Waals surface area contributed by atoms with Crippen LogP contribution in [0.4, 0.5) is 0 Å². The second-order valence-corrected chi connectivity index (χ2v) is 4.89. The second-order valence-electron chi connectivity index (χ2n) is 4.89. The number of benzene rings is 1. The number of hydrogen-bond donors (Lipinski definition) is 1. The van der Waals surface area contributed by atoms with Gasteiger partial charge in [-0.3, -0.25) is 4.79 Å². The number of rotatable bonds is 5. The predicted molar refractivity (Wildman–Crippen MR) is 75.6 cm³/mol. The topological polar surface area (TPSA) is 32.3 Å². The average molecular weight is 248 g/mol. The molecule has 1 rings (SSSR count). The first kappa shape index (κ1) is 14.7. The largest absolute Gasteiger partial charge is 0.339 e. The van der Waals surface area contributed by atoms with Gasteiger partial charge < -0.3 is 10.2 Å². The Hall–Kier alpha value is -1.35. The van der Waals surface area contributed by atoms with E-state index in [1.54, 1.807) is 0 Å². The summed E-state index contributed by atoms with van der Waals surface area (Å²) < 4.78 is 0. The lowest BCUT2D eigenvalue weighted by molar-refractivity contribution is -0.131. The molecular weight excluding hydrogens is 224 g/mol. The van der Waals surface area contributed by atoms with Crippen LogP contribution in [-0.2, 0) is 4.79 Å². The molecule has 3 heteroatoms. The van der Waals surface area contributed by atoms with Gasteiger partial charge in [-0.15, -0.1) is 0 Å². The van der Waals surface area contributed by atoms with Crippen molar-refractivity contribution < 1.29 is 4.79 Å². The molecule has 0 aliphatic carbocycles.